The molecule has 1 atom stereocenters. The van der Waals surface area contributed by atoms with Crippen molar-refractivity contribution < 1.29 is 9.13 Å². The lowest BCUT2D eigenvalue weighted by molar-refractivity contribution is 0.159. The summed E-state index contributed by atoms with van der Waals surface area (Å²) < 4.78 is 18.8. The maximum Gasteiger partial charge on any atom is 0.227 e. The van der Waals surface area contributed by atoms with Crippen LogP contribution in [0.2, 0.25) is 0 Å². The van der Waals surface area contributed by atoms with Gasteiger partial charge in [0.25, 0.3) is 0 Å². The molecule has 6 nitrogen and oxygen atoms in total. The molecule has 1 fully saturated rings. The van der Waals surface area contributed by atoms with Crippen LogP contribution in [0.3, 0.4) is 0 Å². The maximum absolute atomic E-state index is 13.7. The molecule has 1 saturated heterocycles. The van der Waals surface area contributed by atoms with Gasteiger partial charge in [-0.25, -0.2) is 9.37 Å². The Labute approximate surface area is 131 Å². The van der Waals surface area contributed by atoms with E-state index in [9.17, 15) is 4.39 Å². The molecular formula is C15H26FN5O. The van der Waals surface area contributed by atoms with Crippen molar-refractivity contribution in [3.05, 3.63) is 12.0 Å². The van der Waals surface area contributed by atoms with E-state index in [-0.39, 0.29) is 0 Å². The molecule has 2 heterocycles. The van der Waals surface area contributed by atoms with Crippen molar-refractivity contribution in [3.63, 3.8) is 0 Å². The molecule has 0 radical (unpaired) electrons. The first kappa shape index (κ1) is 16.9. The van der Waals surface area contributed by atoms with Crippen molar-refractivity contribution in [2.24, 2.45) is 5.92 Å². The molecule has 22 heavy (non-hydrogen) atoms. The minimum atomic E-state index is -0.395. The van der Waals surface area contributed by atoms with E-state index in [0.717, 1.165) is 39.2 Å². The van der Waals surface area contributed by atoms with Crippen LogP contribution in [0.25, 0.3) is 0 Å². The molecule has 1 aliphatic rings. The highest BCUT2D eigenvalue weighted by atomic mass is 19.1. The third kappa shape index (κ3) is 4.27. The zero-order chi connectivity index (χ0) is 16.1. The minimum absolute atomic E-state index is 0.324. The normalized spacial score (nSPS) is 18.7. The molecular weight excluding hydrogens is 285 g/mol. The van der Waals surface area contributed by atoms with Gasteiger partial charge < -0.3 is 19.4 Å². The van der Waals surface area contributed by atoms with Crippen LogP contribution >= 0.6 is 0 Å². The van der Waals surface area contributed by atoms with Crippen molar-refractivity contribution in [1.29, 1.82) is 0 Å². The summed E-state index contributed by atoms with van der Waals surface area (Å²) in [7, 11) is 7.25. The first-order chi connectivity index (χ1) is 10.5. The van der Waals surface area contributed by atoms with Crippen LogP contribution in [0.4, 0.5) is 16.2 Å². The van der Waals surface area contributed by atoms with Gasteiger partial charge >= 0.3 is 0 Å². The Balaban J connectivity index is 1.92. The molecule has 0 aliphatic carbocycles. The van der Waals surface area contributed by atoms with Crippen LogP contribution in [0, 0.1) is 11.7 Å². The minimum Gasteiger partial charge on any atom is -0.383 e. The maximum atomic E-state index is 13.7. The first-order valence-electron chi connectivity index (χ1n) is 7.63. The van der Waals surface area contributed by atoms with E-state index in [1.165, 1.54) is 6.20 Å². The lowest BCUT2D eigenvalue weighted by Crippen LogP contribution is -2.30. The molecule has 0 N–H and O–H groups in total. The highest BCUT2D eigenvalue weighted by Gasteiger charge is 2.24. The number of likely N-dealkylation sites (tertiary alicyclic amines) is 1. The monoisotopic (exact) mass is 311 g/mol. The van der Waals surface area contributed by atoms with E-state index in [4.69, 9.17) is 4.74 Å². The third-order valence-corrected chi connectivity index (χ3v) is 3.99. The smallest absolute Gasteiger partial charge is 0.227 e. The number of rotatable bonds is 7. The number of halogens is 1. The molecule has 2 rings (SSSR count). The molecule has 7 heteroatoms. The fourth-order valence-electron chi connectivity index (χ4n) is 2.80. The Morgan fingerprint density at radius 2 is 2.18 bits per heavy atom. The Hall–Kier alpha value is -1.47. The molecule has 0 amide bonds. The second-order valence-electron chi connectivity index (χ2n) is 6.06. The topological polar surface area (TPSA) is 44.7 Å². The van der Waals surface area contributed by atoms with Crippen molar-refractivity contribution in [3.8, 4) is 0 Å². The lowest BCUT2D eigenvalue weighted by atomic mass is 10.1. The highest BCUT2D eigenvalue weighted by Crippen LogP contribution is 2.20. The molecule has 1 aromatic heterocycles. The Bertz CT molecular complexity index is 485. The third-order valence-electron chi connectivity index (χ3n) is 3.99. The number of nitrogens with zero attached hydrogens (tertiary/aromatic N) is 5. The molecule has 124 valence electrons. The second kappa shape index (κ2) is 7.69. The number of ether oxygens (including phenoxy) is 1. The summed E-state index contributed by atoms with van der Waals surface area (Å²) in [6, 6.07) is 0. The molecule has 1 aliphatic heterocycles. The zero-order valence-corrected chi connectivity index (χ0v) is 13.9. The van der Waals surface area contributed by atoms with E-state index >= 15 is 0 Å². The van der Waals surface area contributed by atoms with Crippen molar-refractivity contribution in [2.45, 2.75) is 6.42 Å². The highest BCUT2D eigenvalue weighted by molar-refractivity contribution is 5.43. The number of aromatic nitrogens is 2. The number of anilines is 2. The van der Waals surface area contributed by atoms with E-state index in [1.807, 2.05) is 11.9 Å². The fraction of sp³-hybridized carbons (Fsp3) is 0.733. The quantitative estimate of drug-likeness (QED) is 0.751. The average Bonchev–Trinajstić information content (AvgIpc) is 2.92. The van der Waals surface area contributed by atoms with E-state index in [1.54, 1.807) is 26.1 Å². The summed E-state index contributed by atoms with van der Waals surface area (Å²) in [4.78, 5) is 14.5. The van der Waals surface area contributed by atoms with Crippen LogP contribution in [-0.2, 0) is 4.74 Å². The molecule has 1 aromatic rings. The van der Waals surface area contributed by atoms with Crippen LogP contribution in [0.15, 0.2) is 6.20 Å². The second-order valence-corrected chi connectivity index (χ2v) is 6.06. The van der Waals surface area contributed by atoms with E-state index < -0.39 is 5.82 Å². The number of hydrogen-bond acceptors (Lipinski definition) is 6. The summed E-state index contributed by atoms with van der Waals surface area (Å²) in [6.07, 6.45) is 2.41. The molecule has 0 aromatic carbocycles. The largest absolute Gasteiger partial charge is 0.383 e. The van der Waals surface area contributed by atoms with Crippen LogP contribution in [-0.4, -0.2) is 75.9 Å². The Morgan fingerprint density at radius 1 is 1.41 bits per heavy atom. The predicted octanol–water partition coefficient (Wildman–Crippen LogP) is 1.09. The average molecular weight is 311 g/mol. The summed E-state index contributed by atoms with van der Waals surface area (Å²) in [5.41, 5.74) is 0. The van der Waals surface area contributed by atoms with Gasteiger partial charge in [-0.3, -0.25) is 0 Å². The van der Waals surface area contributed by atoms with Gasteiger partial charge in [-0.2, -0.15) is 4.98 Å². The van der Waals surface area contributed by atoms with Gasteiger partial charge in [0.05, 0.1) is 12.8 Å². The standard InChI is InChI=1S/C15H26FN5O/c1-19(2)14-13(16)9-17-15(18-14)20(3)10-12-5-6-21(11-12)7-8-22-4/h9,12H,5-8,10-11H2,1-4H3. The van der Waals surface area contributed by atoms with Crippen molar-refractivity contribution >= 4 is 11.8 Å². The summed E-state index contributed by atoms with van der Waals surface area (Å²) in [5, 5.41) is 0. The zero-order valence-electron chi connectivity index (χ0n) is 13.9. The predicted molar refractivity (Wildman–Crippen MR) is 86.0 cm³/mol. The summed E-state index contributed by atoms with van der Waals surface area (Å²) in [6.45, 7) is 4.80. The van der Waals surface area contributed by atoms with Gasteiger partial charge in [-0.1, -0.05) is 0 Å². The van der Waals surface area contributed by atoms with Gasteiger partial charge in [0.15, 0.2) is 11.6 Å². The van der Waals surface area contributed by atoms with Crippen LogP contribution < -0.4 is 9.80 Å². The summed E-state index contributed by atoms with van der Waals surface area (Å²) in [5.74, 6) is 1.08. The Kier molecular flexibility index (Phi) is 5.90. The van der Waals surface area contributed by atoms with Gasteiger partial charge in [0.2, 0.25) is 5.95 Å². The first-order valence-corrected chi connectivity index (χ1v) is 7.63. The number of hydrogen-bond donors (Lipinski definition) is 0. The molecule has 0 spiro atoms. The van der Waals surface area contributed by atoms with Gasteiger partial charge in [0, 0.05) is 47.9 Å². The fourth-order valence-corrected chi connectivity index (χ4v) is 2.80. The van der Waals surface area contributed by atoms with Crippen LogP contribution in [0.1, 0.15) is 6.42 Å². The van der Waals surface area contributed by atoms with E-state index in [0.29, 0.717) is 17.7 Å². The van der Waals surface area contributed by atoms with E-state index in [2.05, 4.69) is 14.9 Å². The van der Waals surface area contributed by atoms with Crippen molar-refractivity contribution in [2.75, 3.05) is 70.8 Å². The number of methoxy groups -OCH3 is 1. The van der Waals surface area contributed by atoms with Gasteiger partial charge in [-0.15, -0.1) is 0 Å². The van der Waals surface area contributed by atoms with Gasteiger partial charge in [0.1, 0.15) is 0 Å². The van der Waals surface area contributed by atoms with Crippen molar-refractivity contribution in [1.82, 2.24) is 14.9 Å². The SMILES string of the molecule is COCCN1CCC(CN(C)c2ncc(F)c(N(C)C)n2)C1. The molecule has 0 bridgehead atoms. The Morgan fingerprint density at radius 3 is 2.86 bits per heavy atom. The summed E-state index contributed by atoms with van der Waals surface area (Å²) >= 11 is 0. The van der Waals surface area contributed by atoms with Crippen LogP contribution in [0.5, 0.6) is 0 Å². The lowest BCUT2D eigenvalue weighted by Gasteiger charge is -2.23. The van der Waals surface area contributed by atoms with Gasteiger partial charge in [-0.05, 0) is 18.9 Å². The molecule has 1 unspecified atom stereocenters. The molecule has 0 saturated carbocycles.